The second-order valence-corrected chi connectivity index (χ2v) is 5.44. The van der Waals surface area contributed by atoms with Crippen molar-refractivity contribution in [2.75, 3.05) is 0 Å². The van der Waals surface area contributed by atoms with Crippen LogP contribution in [0, 0.1) is 47.3 Å². The normalized spacial score (nSPS) is 91.2. The summed E-state index contributed by atoms with van der Waals surface area (Å²) in [6, 6.07) is 0. The summed E-state index contributed by atoms with van der Waals surface area (Å²) in [5, 5.41) is 0. The van der Waals surface area contributed by atoms with E-state index in [-0.39, 0.29) is 0 Å². The van der Waals surface area contributed by atoms with E-state index in [2.05, 4.69) is 0 Å². The molecule has 5 aliphatic rings. The first-order valence-electron chi connectivity index (χ1n) is 4.97. The van der Waals surface area contributed by atoms with Gasteiger partial charge < -0.3 is 0 Å². The number of fused-ring (bicyclic) bond motifs is 2. The fourth-order valence-electron chi connectivity index (χ4n) is 5.97. The van der Waals surface area contributed by atoms with Crippen molar-refractivity contribution in [3.05, 3.63) is 0 Å². The number of rotatable bonds is 0. The van der Waals surface area contributed by atoms with Crippen molar-refractivity contribution in [1.82, 2.24) is 0 Å². The van der Waals surface area contributed by atoms with E-state index in [9.17, 15) is 0 Å². The zero-order chi connectivity index (χ0) is 6.03. The predicted molar refractivity (Wildman–Crippen MR) is 37.2 cm³/mol. The average Bonchev–Trinajstić information content (AvgIpc) is 2.21. The van der Waals surface area contributed by atoms with Gasteiger partial charge in [-0.15, -0.1) is 0 Å². The summed E-state index contributed by atoms with van der Waals surface area (Å²) in [4.78, 5) is 0. The van der Waals surface area contributed by atoms with Crippen LogP contribution < -0.4 is 0 Å². The molecule has 0 spiro atoms. The van der Waals surface area contributed by atoms with E-state index >= 15 is 0 Å². The maximum atomic E-state index is 1.68. The minimum Gasteiger partial charge on any atom is -0.0465 e. The monoisotopic (exact) mass is 132 g/mol. The largest absolute Gasteiger partial charge is 0.0465 e. The van der Waals surface area contributed by atoms with Crippen molar-refractivity contribution in [2.45, 2.75) is 12.8 Å². The minimum atomic E-state index is 1.27. The Morgan fingerprint density at radius 2 is 0.800 bits per heavy atom. The molecule has 0 aromatic heterocycles. The lowest BCUT2D eigenvalue weighted by atomic mass is 9.39. The Morgan fingerprint density at radius 3 is 1.10 bits per heavy atom. The van der Waals surface area contributed by atoms with Crippen molar-refractivity contribution in [3.8, 4) is 0 Å². The van der Waals surface area contributed by atoms with Gasteiger partial charge in [-0.1, -0.05) is 0 Å². The molecule has 0 radical (unpaired) electrons. The van der Waals surface area contributed by atoms with Gasteiger partial charge in [-0.2, -0.15) is 0 Å². The van der Waals surface area contributed by atoms with Gasteiger partial charge in [0.2, 0.25) is 0 Å². The molecule has 0 aromatic rings. The zero-order valence-electron chi connectivity index (χ0n) is 6.03. The molecule has 5 fully saturated rings. The fourth-order valence-corrected chi connectivity index (χ4v) is 5.97. The third kappa shape index (κ3) is 0.170. The molecule has 4 atom stereocenters. The smallest absolute Gasteiger partial charge is 0.0315 e. The van der Waals surface area contributed by atoms with Gasteiger partial charge in [0.25, 0.3) is 0 Å². The molecule has 52 valence electrons. The van der Waals surface area contributed by atoms with Gasteiger partial charge in [-0.05, 0) is 60.2 Å². The lowest BCUT2D eigenvalue weighted by molar-refractivity contribution is -0.183. The second kappa shape index (κ2) is 0.852. The number of hydrogen-bond acceptors (Lipinski definition) is 0. The molecule has 0 heteroatoms. The molecule has 0 N–H and O–H groups in total. The van der Waals surface area contributed by atoms with Crippen LogP contribution in [0.5, 0.6) is 0 Å². The van der Waals surface area contributed by atoms with Gasteiger partial charge in [0.05, 0.1) is 0 Å². The van der Waals surface area contributed by atoms with Gasteiger partial charge >= 0.3 is 0 Å². The van der Waals surface area contributed by atoms with Crippen LogP contribution >= 0.6 is 0 Å². The van der Waals surface area contributed by atoms with Crippen LogP contribution in [0.1, 0.15) is 12.8 Å². The SMILES string of the molecule is C1C2C3CC4C1C1C2C3C41. The molecule has 0 heterocycles. The summed E-state index contributed by atoms with van der Waals surface area (Å²) >= 11 is 0. The third-order valence-corrected chi connectivity index (χ3v) is 5.94. The van der Waals surface area contributed by atoms with E-state index < -0.39 is 0 Å². The average molecular weight is 132 g/mol. The van der Waals surface area contributed by atoms with E-state index in [4.69, 9.17) is 0 Å². The quantitative estimate of drug-likeness (QED) is 0.471. The Bertz CT molecular complexity index is 154. The standard InChI is InChI=1S/C10H12/c1-3-5-2-6-4(1)8-7(3)9(5)10(6)8/h3-10H,1-2H2. The summed E-state index contributed by atoms with van der Waals surface area (Å²) in [6.45, 7) is 0. The van der Waals surface area contributed by atoms with Gasteiger partial charge in [0, 0.05) is 0 Å². The maximum absolute atomic E-state index is 1.68. The Balaban J connectivity index is 1.89. The van der Waals surface area contributed by atoms with E-state index in [0.29, 0.717) is 0 Å². The predicted octanol–water partition coefficient (Wildman–Crippen LogP) is 1.76. The van der Waals surface area contributed by atoms with Crippen molar-refractivity contribution >= 4 is 0 Å². The van der Waals surface area contributed by atoms with Crippen LogP contribution in [0.4, 0.5) is 0 Å². The lowest BCUT2D eigenvalue weighted by Gasteiger charge is -2.65. The summed E-state index contributed by atoms with van der Waals surface area (Å²) in [5.74, 6) is 10.3. The van der Waals surface area contributed by atoms with Gasteiger partial charge in [0.1, 0.15) is 0 Å². The maximum Gasteiger partial charge on any atom is -0.0315 e. The molecule has 5 saturated carbocycles. The Labute approximate surface area is 61.0 Å². The summed E-state index contributed by atoms with van der Waals surface area (Å²) in [6.07, 6.45) is 3.36. The fraction of sp³-hybridized carbons (Fsp3) is 1.00. The van der Waals surface area contributed by atoms with Crippen molar-refractivity contribution < 1.29 is 0 Å². The van der Waals surface area contributed by atoms with Gasteiger partial charge in [0.15, 0.2) is 0 Å². The van der Waals surface area contributed by atoms with Crippen molar-refractivity contribution in [3.63, 3.8) is 0 Å². The van der Waals surface area contributed by atoms with E-state index in [1.165, 1.54) is 47.3 Å². The van der Waals surface area contributed by atoms with E-state index in [0.717, 1.165) is 0 Å². The molecule has 0 saturated heterocycles. The first kappa shape index (κ1) is 4.13. The summed E-state index contributed by atoms with van der Waals surface area (Å²) < 4.78 is 0. The first-order valence-corrected chi connectivity index (χ1v) is 4.97. The molecule has 10 heavy (non-hydrogen) atoms. The van der Waals surface area contributed by atoms with Gasteiger partial charge in [-0.3, -0.25) is 0 Å². The van der Waals surface area contributed by atoms with Crippen molar-refractivity contribution in [1.29, 1.82) is 0 Å². The summed E-state index contributed by atoms with van der Waals surface area (Å²) in [7, 11) is 0. The molecular formula is C10H12. The van der Waals surface area contributed by atoms with Crippen LogP contribution in [0.2, 0.25) is 0 Å². The second-order valence-electron chi connectivity index (χ2n) is 5.44. The topological polar surface area (TPSA) is 0 Å². The molecule has 0 bridgehead atoms. The molecule has 5 rings (SSSR count). The van der Waals surface area contributed by atoms with E-state index in [1.54, 1.807) is 12.8 Å². The molecule has 0 nitrogen and oxygen atoms in total. The minimum absolute atomic E-state index is 1.27. The van der Waals surface area contributed by atoms with Crippen LogP contribution in [0.3, 0.4) is 0 Å². The molecule has 0 aromatic carbocycles. The Kier molecular flexibility index (Phi) is 0.352. The highest BCUT2D eigenvalue weighted by Crippen LogP contribution is 2.88. The highest BCUT2D eigenvalue weighted by atomic mass is 14.9. The lowest BCUT2D eigenvalue weighted by Crippen LogP contribution is -2.62. The van der Waals surface area contributed by atoms with E-state index in [1.807, 2.05) is 0 Å². The van der Waals surface area contributed by atoms with Gasteiger partial charge in [-0.25, -0.2) is 0 Å². The van der Waals surface area contributed by atoms with Crippen LogP contribution in [-0.4, -0.2) is 0 Å². The van der Waals surface area contributed by atoms with Crippen molar-refractivity contribution in [2.24, 2.45) is 47.3 Å². The molecule has 0 amide bonds. The molecule has 0 aliphatic heterocycles. The number of hydrogen-bond donors (Lipinski definition) is 0. The molecule has 5 aliphatic carbocycles. The molecular weight excluding hydrogens is 120 g/mol. The van der Waals surface area contributed by atoms with Crippen LogP contribution in [0.25, 0.3) is 0 Å². The highest BCUT2D eigenvalue weighted by Gasteiger charge is 2.83. The Hall–Kier alpha value is 0. The molecule has 4 unspecified atom stereocenters. The Morgan fingerprint density at radius 1 is 0.500 bits per heavy atom. The first-order chi connectivity index (χ1) is 4.97. The zero-order valence-corrected chi connectivity index (χ0v) is 6.03. The summed E-state index contributed by atoms with van der Waals surface area (Å²) in [5.41, 5.74) is 0. The van der Waals surface area contributed by atoms with Crippen LogP contribution in [0.15, 0.2) is 0 Å². The highest BCUT2D eigenvalue weighted by molar-refractivity contribution is 5.31. The third-order valence-electron chi connectivity index (χ3n) is 5.94. The van der Waals surface area contributed by atoms with Crippen LogP contribution in [-0.2, 0) is 0 Å².